The Morgan fingerprint density at radius 1 is 0.960 bits per heavy atom. The van der Waals surface area contributed by atoms with Crippen LogP contribution in [0.3, 0.4) is 0 Å². The molecule has 0 unspecified atom stereocenters. The average molecular weight is 360 g/mol. The molecule has 1 aliphatic rings. The normalized spacial score (nSPS) is 16.0. The second-order valence-electron chi connectivity index (χ2n) is 6.10. The van der Waals surface area contributed by atoms with Gasteiger partial charge in [-0.15, -0.1) is 0 Å². The number of hydrogen-bond acceptors (Lipinski definition) is 4. The molecule has 0 bridgehead atoms. The van der Waals surface area contributed by atoms with Crippen molar-refractivity contribution >= 4 is 15.7 Å². The van der Waals surface area contributed by atoms with Crippen molar-refractivity contribution in [3.05, 3.63) is 54.1 Å². The van der Waals surface area contributed by atoms with Crippen LogP contribution in [0.5, 0.6) is 5.75 Å². The zero-order valence-corrected chi connectivity index (χ0v) is 15.5. The molecule has 3 rings (SSSR count). The summed E-state index contributed by atoms with van der Waals surface area (Å²) < 4.78 is 32.8. The van der Waals surface area contributed by atoms with Crippen molar-refractivity contribution in [2.45, 2.75) is 18.7 Å². The molecule has 1 saturated heterocycles. The standard InChI is InChI=1S/C19H24N2O3S/c1-3-24-19-7-5-4-6-18(19)20-12-14-21(15-13-20)25(22,23)17-10-8-16(2)9-11-17/h4-11H,3,12-15H2,1-2H3. The minimum atomic E-state index is -3.43. The van der Waals surface area contributed by atoms with Crippen LogP contribution < -0.4 is 9.64 Å². The highest BCUT2D eigenvalue weighted by molar-refractivity contribution is 7.89. The number of ether oxygens (including phenoxy) is 1. The van der Waals surface area contributed by atoms with Crippen molar-refractivity contribution in [2.75, 3.05) is 37.7 Å². The van der Waals surface area contributed by atoms with Crippen molar-refractivity contribution in [1.29, 1.82) is 0 Å². The molecule has 5 nitrogen and oxygen atoms in total. The third-order valence-corrected chi connectivity index (χ3v) is 6.32. The maximum absolute atomic E-state index is 12.8. The van der Waals surface area contributed by atoms with E-state index >= 15 is 0 Å². The number of nitrogens with zero attached hydrogens (tertiary/aromatic N) is 2. The lowest BCUT2D eigenvalue weighted by molar-refractivity contribution is 0.337. The summed E-state index contributed by atoms with van der Waals surface area (Å²) >= 11 is 0. The van der Waals surface area contributed by atoms with Crippen molar-refractivity contribution in [3.8, 4) is 5.75 Å². The first kappa shape index (κ1) is 17.8. The Balaban J connectivity index is 1.73. The lowest BCUT2D eigenvalue weighted by atomic mass is 10.2. The fourth-order valence-corrected chi connectivity index (χ4v) is 4.45. The van der Waals surface area contributed by atoms with Gasteiger partial charge in [0.2, 0.25) is 10.0 Å². The summed E-state index contributed by atoms with van der Waals surface area (Å²) in [6.07, 6.45) is 0. The molecule has 0 N–H and O–H groups in total. The van der Waals surface area contributed by atoms with E-state index in [9.17, 15) is 8.42 Å². The Hall–Kier alpha value is -2.05. The molecular formula is C19H24N2O3S. The first-order chi connectivity index (χ1) is 12.0. The van der Waals surface area contributed by atoms with Gasteiger partial charge < -0.3 is 9.64 Å². The maximum atomic E-state index is 12.8. The van der Waals surface area contributed by atoms with Gasteiger partial charge in [-0.3, -0.25) is 0 Å². The molecule has 2 aromatic rings. The van der Waals surface area contributed by atoms with Gasteiger partial charge in [0.25, 0.3) is 0 Å². The average Bonchev–Trinajstić information content (AvgIpc) is 2.63. The van der Waals surface area contributed by atoms with Gasteiger partial charge in [0.05, 0.1) is 17.2 Å². The number of sulfonamides is 1. The number of piperazine rings is 1. The number of aryl methyl sites for hydroxylation is 1. The molecule has 0 amide bonds. The van der Waals surface area contributed by atoms with Crippen molar-refractivity contribution in [1.82, 2.24) is 4.31 Å². The van der Waals surface area contributed by atoms with Gasteiger partial charge in [0.1, 0.15) is 5.75 Å². The Kier molecular flexibility index (Phi) is 5.30. The highest BCUT2D eigenvalue weighted by Gasteiger charge is 2.29. The van der Waals surface area contributed by atoms with Gasteiger partial charge in [-0.05, 0) is 38.1 Å². The van der Waals surface area contributed by atoms with E-state index in [4.69, 9.17) is 4.74 Å². The first-order valence-corrected chi connectivity index (χ1v) is 10.00. The Bertz CT molecular complexity index is 811. The van der Waals surface area contributed by atoms with Crippen LogP contribution in [0, 0.1) is 6.92 Å². The van der Waals surface area contributed by atoms with Crippen LogP contribution in [0.2, 0.25) is 0 Å². The molecular weight excluding hydrogens is 336 g/mol. The zero-order chi connectivity index (χ0) is 17.9. The molecule has 1 heterocycles. The van der Waals surface area contributed by atoms with Gasteiger partial charge >= 0.3 is 0 Å². The lowest BCUT2D eigenvalue weighted by Gasteiger charge is -2.36. The quantitative estimate of drug-likeness (QED) is 0.823. The molecule has 0 radical (unpaired) electrons. The molecule has 0 saturated carbocycles. The van der Waals surface area contributed by atoms with Crippen LogP contribution in [0.15, 0.2) is 53.4 Å². The second kappa shape index (κ2) is 7.45. The van der Waals surface area contributed by atoms with Crippen molar-refractivity contribution in [3.63, 3.8) is 0 Å². The molecule has 25 heavy (non-hydrogen) atoms. The molecule has 2 aromatic carbocycles. The highest BCUT2D eigenvalue weighted by Crippen LogP contribution is 2.29. The smallest absolute Gasteiger partial charge is 0.243 e. The van der Waals surface area contributed by atoms with E-state index in [-0.39, 0.29) is 0 Å². The highest BCUT2D eigenvalue weighted by atomic mass is 32.2. The molecule has 0 spiro atoms. The van der Waals surface area contributed by atoms with E-state index in [1.807, 2.05) is 50.2 Å². The molecule has 6 heteroatoms. The fourth-order valence-electron chi connectivity index (χ4n) is 3.02. The van der Waals surface area contributed by atoms with Crippen LogP contribution in [-0.2, 0) is 10.0 Å². The number of benzene rings is 2. The SMILES string of the molecule is CCOc1ccccc1N1CCN(S(=O)(=O)c2ccc(C)cc2)CC1. The van der Waals surface area contributed by atoms with Crippen LogP contribution >= 0.6 is 0 Å². The van der Waals surface area contributed by atoms with E-state index in [1.165, 1.54) is 0 Å². The topological polar surface area (TPSA) is 49.9 Å². The van der Waals surface area contributed by atoms with E-state index < -0.39 is 10.0 Å². The summed E-state index contributed by atoms with van der Waals surface area (Å²) in [5.41, 5.74) is 2.08. The Morgan fingerprint density at radius 2 is 1.60 bits per heavy atom. The van der Waals surface area contributed by atoms with E-state index in [1.54, 1.807) is 16.4 Å². The molecule has 0 aliphatic carbocycles. The number of hydrogen-bond donors (Lipinski definition) is 0. The number of rotatable bonds is 5. The van der Waals surface area contributed by atoms with E-state index in [0.29, 0.717) is 37.7 Å². The molecule has 0 aromatic heterocycles. The predicted octanol–water partition coefficient (Wildman–Crippen LogP) is 2.90. The number of para-hydroxylation sites is 2. The van der Waals surface area contributed by atoms with Crippen LogP contribution in [0.4, 0.5) is 5.69 Å². The maximum Gasteiger partial charge on any atom is 0.243 e. The van der Waals surface area contributed by atoms with Crippen molar-refractivity contribution in [2.24, 2.45) is 0 Å². The van der Waals surface area contributed by atoms with Crippen LogP contribution in [0.25, 0.3) is 0 Å². The van der Waals surface area contributed by atoms with Crippen LogP contribution in [0.1, 0.15) is 12.5 Å². The van der Waals surface area contributed by atoms with Crippen LogP contribution in [-0.4, -0.2) is 45.5 Å². The predicted molar refractivity (Wildman–Crippen MR) is 99.8 cm³/mol. The van der Waals surface area contributed by atoms with Gasteiger partial charge in [0, 0.05) is 26.2 Å². The van der Waals surface area contributed by atoms with Gasteiger partial charge in [0.15, 0.2) is 0 Å². The molecule has 0 atom stereocenters. The summed E-state index contributed by atoms with van der Waals surface area (Å²) in [4.78, 5) is 2.55. The summed E-state index contributed by atoms with van der Waals surface area (Å²) in [6.45, 7) is 6.75. The summed E-state index contributed by atoms with van der Waals surface area (Å²) in [5.74, 6) is 0.847. The summed E-state index contributed by atoms with van der Waals surface area (Å²) in [5, 5.41) is 0. The van der Waals surface area contributed by atoms with Gasteiger partial charge in [-0.25, -0.2) is 8.42 Å². The minimum Gasteiger partial charge on any atom is -0.492 e. The summed E-state index contributed by atoms with van der Waals surface area (Å²) in [6, 6.07) is 14.9. The Morgan fingerprint density at radius 3 is 2.24 bits per heavy atom. The van der Waals surface area contributed by atoms with E-state index in [0.717, 1.165) is 17.0 Å². The molecule has 1 aliphatic heterocycles. The van der Waals surface area contributed by atoms with Gasteiger partial charge in [-0.1, -0.05) is 29.8 Å². The summed E-state index contributed by atoms with van der Waals surface area (Å²) in [7, 11) is -3.43. The second-order valence-corrected chi connectivity index (χ2v) is 8.04. The van der Waals surface area contributed by atoms with Gasteiger partial charge in [-0.2, -0.15) is 4.31 Å². The third-order valence-electron chi connectivity index (χ3n) is 4.40. The zero-order valence-electron chi connectivity index (χ0n) is 14.7. The molecule has 1 fully saturated rings. The van der Waals surface area contributed by atoms with E-state index in [2.05, 4.69) is 4.90 Å². The first-order valence-electron chi connectivity index (χ1n) is 8.56. The number of anilines is 1. The monoisotopic (exact) mass is 360 g/mol. The minimum absolute atomic E-state index is 0.362. The molecule has 134 valence electrons. The van der Waals surface area contributed by atoms with Crippen molar-refractivity contribution < 1.29 is 13.2 Å². The lowest BCUT2D eigenvalue weighted by Crippen LogP contribution is -2.48. The third kappa shape index (κ3) is 3.80. The largest absolute Gasteiger partial charge is 0.492 e. The Labute approximate surface area is 149 Å². The fraction of sp³-hybridized carbons (Fsp3) is 0.368.